The zero-order valence-corrected chi connectivity index (χ0v) is 10.2. The van der Waals surface area contributed by atoms with Crippen LogP contribution in [0, 0.1) is 6.92 Å². The molecule has 1 unspecified atom stereocenters. The van der Waals surface area contributed by atoms with Gasteiger partial charge in [0.15, 0.2) is 0 Å². The van der Waals surface area contributed by atoms with Gasteiger partial charge in [-0.1, -0.05) is 30.3 Å². The average Bonchev–Trinajstić information content (AvgIpc) is 2.82. The van der Waals surface area contributed by atoms with Crippen LogP contribution in [0.1, 0.15) is 22.7 Å². The predicted molar refractivity (Wildman–Crippen MR) is 72.4 cm³/mol. The number of pyridine rings is 1. The molecule has 2 N–H and O–H groups in total. The number of nitrogens with zero attached hydrogens (tertiary/aromatic N) is 2. The van der Waals surface area contributed by atoms with Gasteiger partial charge in [0, 0.05) is 11.8 Å². The van der Waals surface area contributed by atoms with Crippen molar-refractivity contribution in [3.63, 3.8) is 0 Å². The van der Waals surface area contributed by atoms with Gasteiger partial charge in [-0.3, -0.25) is 0 Å². The first-order valence-corrected chi connectivity index (χ1v) is 6.01. The first-order valence-electron chi connectivity index (χ1n) is 6.01. The van der Waals surface area contributed by atoms with Crippen LogP contribution in [-0.4, -0.2) is 9.61 Å². The van der Waals surface area contributed by atoms with E-state index in [0.717, 1.165) is 16.6 Å². The summed E-state index contributed by atoms with van der Waals surface area (Å²) < 4.78 is 1.85. The summed E-state index contributed by atoms with van der Waals surface area (Å²) in [5, 5.41) is 4.33. The molecule has 0 saturated heterocycles. The van der Waals surface area contributed by atoms with Gasteiger partial charge in [0.2, 0.25) is 0 Å². The minimum atomic E-state index is -0.133. The van der Waals surface area contributed by atoms with E-state index in [2.05, 4.69) is 24.2 Å². The van der Waals surface area contributed by atoms with Crippen LogP contribution >= 0.6 is 0 Å². The van der Waals surface area contributed by atoms with Crippen LogP contribution in [0.5, 0.6) is 0 Å². The van der Waals surface area contributed by atoms with E-state index in [1.807, 2.05) is 47.2 Å². The number of benzene rings is 1. The third-order valence-electron chi connectivity index (χ3n) is 3.31. The van der Waals surface area contributed by atoms with Gasteiger partial charge in [0.05, 0.1) is 17.8 Å². The Morgan fingerprint density at radius 3 is 2.67 bits per heavy atom. The summed E-state index contributed by atoms with van der Waals surface area (Å²) in [6.07, 6.45) is 3.79. The largest absolute Gasteiger partial charge is 0.320 e. The molecule has 2 aromatic heterocycles. The Balaban J connectivity index is 2.13. The Morgan fingerprint density at radius 2 is 1.83 bits per heavy atom. The highest BCUT2D eigenvalue weighted by Gasteiger charge is 2.15. The molecule has 0 amide bonds. The van der Waals surface area contributed by atoms with Crippen LogP contribution in [0.3, 0.4) is 0 Å². The van der Waals surface area contributed by atoms with E-state index in [1.54, 1.807) is 0 Å². The lowest BCUT2D eigenvalue weighted by atomic mass is 9.97. The molecule has 1 atom stereocenters. The number of rotatable bonds is 2. The number of aromatic nitrogens is 2. The first kappa shape index (κ1) is 11.0. The molecule has 3 rings (SSSR count). The molecule has 3 aromatic rings. The van der Waals surface area contributed by atoms with Crippen molar-refractivity contribution >= 4 is 5.52 Å². The van der Waals surface area contributed by atoms with E-state index >= 15 is 0 Å². The molecule has 0 aliphatic heterocycles. The standard InChI is InChI=1S/C15H15N3/c1-11-6-2-3-7-12(11)15(16)13-10-17-18-9-5-4-8-14(13)18/h2-10,15H,16H2,1H3. The Bertz CT molecular complexity index is 685. The summed E-state index contributed by atoms with van der Waals surface area (Å²) in [5.74, 6) is 0. The highest BCUT2D eigenvalue weighted by molar-refractivity contribution is 5.57. The quantitative estimate of drug-likeness (QED) is 0.744. The molecule has 3 heteroatoms. The molecule has 3 nitrogen and oxygen atoms in total. The second-order valence-corrected chi connectivity index (χ2v) is 4.46. The van der Waals surface area contributed by atoms with E-state index in [1.165, 1.54) is 5.56 Å². The SMILES string of the molecule is Cc1ccccc1C(N)c1cnn2ccccc12. The third kappa shape index (κ3) is 1.69. The molecule has 0 spiro atoms. The van der Waals surface area contributed by atoms with Gasteiger partial charge < -0.3 is 5.73 Å². The Morgan fingerprint density at radius 1 is 1.06 bits per heavy atom. The molecule has 90 valence electrons. The van der Waals surface area contributed by atoms with E-state index < -0.39 is 0 Å². The van der Waals surface area contributed by atoms with Crippen molar-refractivity contribution < 1.29 is 0 Å². The summed E-state index contributed by atoms with van der Waals surface area (Å²) in [5.41, 5.74) is 10.9. The van der Waals surface area contributed by atoms with Crippen LogP contribution < -0.4 is 5.73 Å². The molecule has 0 fully saturated rings. The maximum Gasteiger partial charge on any atom is 0.0712 e. The number of hydrogen-bond donors (Lipinski definition) is 1. The summed E-state index contributed by atoms with van der Waals surface area (Å²) in [6.45, 7) is 2.08. The van der Waals surface area contributed by atoms with Crippen LogP contribution in [0.4, 0.5) is 0 Å². The molecule has 18 heavy (non-hydrogen) atoms. The maximum absolute atomic E-state index is 6.37. The predicted octanol–water partition coefficient (Wildman–Crippen LogP) is 2.69. The summed E-state index contributed by atoms with van der Waals surface area (Å²) in [4.78, 5) is 0. The maximum atomic E-state index is 6.37. The van der Waals surface area contributed by atoms with Gasteiger partial charge in [0.1, 0.15) is 0 Å². The van der Waals surface area contributed by atoms with Crippen molar-refractivity contribution in [1.82, 2.24) is 9.61 Å². The number of nitrogens with two attached hydrogens (primary N) is 1. The van der Waals surface area contributed by atoms with Gasteiger partial charge in [-0.15, -0.1) is 0 Å². The molecule has 0 aliphatic carbocycles. The van der Waals surface area contributed by atoms with E-state index in [-0.39, 0.29) is 6.04 Å². The fourth-order valence-electron chi connectivity index (χ4n) is 2.30. The van der Waals surface area contributed by atoms with Crippen LogP contribution in [0.2, 0.25) is 0 Å². The van der Waals surface area contributed by atoms with Gasteiger partial charge in [0.25, 0.3) is 0 Å². The molecule has 0 radical (unpaired) electrons. The summed E-state index contributed by atoms with van der Waals surface area (Å²) in [6, 6.07) is 14.1. The van der Waals surface area contributed by atoms with Gasteiger partial charge >= 0.3 is 0 Å². The Kier molecular flexibility index (Phi) is 2.61. The van der Waals surface area contributed by atoms with Crippen molar-refractivity contribution in [3.05, 3.63) is 71.5 Å². The highest BCUT2D eigenvalue weighted by atomic mass is 15.2. The van der Waals surface area contributed by atoms with E-state index in [9.17, 15) is 0 Å². The van der Waals surface area contributed by atoms with Crippen molar-refractivity contribution in [2.75, 3.05) is 0 Å². The lowest BCUT2D eigenvalue weighted by Crippen LogP contribution is -2.12. The Labute approximate surface area is 106 Å². The second-order valence-electron chi connectivity index (χ2n) is 4.46. The molecule has 0 saturated carbocycles. The zero-order chi connectivity index (χ0) is 12.5. The number of aryl methyl sites for hydroxylation is 1. The van der Waals surface area contributed by atoms with Crippen molar-refractivity contribution in [3.8, 4) is 0 Å². The Hall–Kier alpha value is -2.13. The van der Waals surface area contributed by atoms with Crippen molar-refractivity contribution in [2.45, 2.75) is 13.0 Å². The average molecular weight is 237 g/mol. The molecule has 0 aliphatic rings. The lowest BCUT2D eigenvalue weighted by molar-refractivity contribution is 0.870. The van der Waals surface area contributed by atoms with Gasteiger partial charge in [-0.05, 0) is 30.2 Å². The monoisotopic (exact) mass is 237 g/mol. The summed E-state index contributed by atoms with van der Waals surface area (Å²) >= 11 is 0. The highest BCUT2D eigenvalue weighted by Crippen LogP contribution is 2.25. The second kappa shape index (κ2) is 4.27. The smallest absolute Gasteiger partial charge is 0.0712 e. The van der Waals surface area contributed by atoms with E-state index in [0.29, 0.717) is 0 Å². The van der Waals surface area contributed by atoms with Crippen LogP contribution in [0.25, 0.3) is 5.52 Å². The summed E-state index contributed by atoms with van der Waals surface area (Å²) in [7, 11) is 0. The number of fused-ring (bicyclic) bond motifs is 1. The lowest BCUT2D eigenvalue weighted by Gasteiger charge is -2.13. The fourth-order valence-corrected chi connectivity index (χ4v) is 2.30. The third-order valence-corrected chi connectivity index (χ3v) is 3.31. The van der Waals surface area contributed by atoms with Crippen LogP contribution in [-0.2, 0) is 0 Å². The van der Waals surface area contributed by atoms with Gasteiger partial charge in [-0.2, -0.15) is 5.10 Å². The fraction of sp³-hybridized carbons (Fsp3) is 0.133. The molecular formula is C15H15N3. The minimum Gasteiger partial charge on any atom is -0.320 e. The topological polar surface area (TPSA) is 43.3 Å². The van der Waals surface area contributed by atoms with Crippen molar-refractivity contribution in [1.29, 1.82) is 0 Å². The van der Waals surface area contributed by atoms with E-state index in [4.69, 9.17) is 5.73 Å². The molecule has 2 heterocycles. The minimum absolute atomic E-state index is 0.133. The molecular weight excluding hydrogens is 222 g/mol. The van der Waals surface area contributed by atoms with Gasteiger partial charge in [-0.25, -0.2) is 4.52 Å². The molecule has 0 bridgehead atoms. The van der Waals surface area contributed by atoms with Crippen molar-refractivity contribution in [2.24, 2.45) is 5.73 Å². The van der Waals surface area contributed by atoms with Crippen LogP contribution in [0.15, 0.2) is 54.9 Å². The number of hydrogen-bond acceptors (Lipinski definition) is 2. The molecule has 1 aromatic carbocycles. The zero-order valence-electron chi connectivity index (χ0n) is 10.2. The first-order chi connectivity index (χ1) is 8.77. The normalized spacial score (nSPS) is 12.8.